The molecule has 1 aromatic rings. The van der Waals surface area contributed by atoms with Gasteiger partial charge in [-0.2, -0.15) is 0 Å². The van der Waals surface area contributed by atoms with Crippen LogP contribution in [0.1, 0.15) is 28.8 Å². The molecule has 0 spiro atoms. The quantitative estimate of drug-likeness (QED) is 0.883. The standard InChI is InChI=1S/C15H20BrNO3/c1-10-2-3-12(16)8-13(10)15(19)17-9-14(18)11-4-6-20-7-5-11/h2-3,8,11,14,18H,4-7,9H2,1H3,(H,17,19)/t14-/m1/s1. The Morgan fingerprint density at radius 2 is 2.20 bits per heavy atom. The van der Waals surface area contributed by atoms with Crippen LogP contribution in [0.15, 0.2) is 22.7 Å². The van der Waals surface area contributed by atoms with Crippen LogP contribution in [0.2, 0.25) is 0 Å². The van der Waals surface area contributed by atoms with E-state index in [-0.39, 0.29) is 18.4 Å². The summed E-state index contributed by atoms with van der Waals surface area (Å²) in [7, 11) is 0. The summed E-state index contributed by atoms with van der Waals surface area (Å²) in [6, 6.07) is 5.60. The van der Waals surface area contributed by atoms with Gasteiger partial charge in [-0.25, -0.2) is 0 Å². The van der Waals surface area contributed by atoms with Gasteiger partial charge >= 0.3 is 0 Å². The minimum Gasteiger partial charge on any atom is -0.391 e. The first-order valence-electron chi connectivity index (χ1n) is 6.88. The molecule has 1 atom stereocenters. The van der Waals surface area contributed by atoms with Crippen molar-refractivity contribution in [2.24, 2.45) is 5.92 Å². The smallest absolute Gasteiger partial charge is 0.251 e. The van der Waals surface area contributed by atoms with Gasteiger partial charge in [0.05, 0.1) is 6.10 Å². The summed E-state index contributed by atoms with van der Waals surface area (Å²) in [5.41, 5.74) is 1.56. The van der Waals surface area contributed by atoms with E-state index in [2.05, 4.69) is 21.2 Å². The highest BCUT2D eigenvalue weighted by Crippen LogP contribution is 2.19. The lowest BCUT2D eigenvalue weighted by Gasteiger charge is -2.26. The number of halogens is 1. The maximum Gasteiger partial charge on any atom is 0.251 e. The van der Waals surface area contributed by atoms with Crippen LogP contribution < -0.4 is 5.32 Å². The lowest BCUT2D eigenvalue weighted by molar-refractivity contribution is 0.00872. The van der Waals surface area contributed by atoms with Gasteiger partial charge in [-0.3, -0.25) is 4.79 Å². The molecule has 1 fully saturated rings. The molecule has 4 nitrogen and oxygen atoms in total. The molecule has 20 heavy (non-hydrogen) atoms. The van der Waals surface area contributed by atoms with Gasteiger partial charge in [0.1, 0.15) is 0 Å². The molecule has 1 aromatic carbocycles. The number of rotatable bonds is 4. The largest absolute Gasteiger partial charge is 0.391 e. The van der Waals surface area contributed by atoms with E-state index in [9.17, 15) is 9.90 Å². The summed E-state index contributed by atoms with van der Waals surface area (Å²) in [5.74, 6) is 0.0718. The number of ether oxygens (including phenoxy) is 1. The highest BCUT2D eigenvalue weighted by Gasteiger charge is 2.22. The predicted molar refractivity (Wildman–Crippen MR) is 80.8 cm³/mol. The van der Waals surface area contributed by atoms with E-state index in [0.717, 1.165) is 22.9 Å². The summed E-state index contributed by atoms with van der Waals surface area (Å²) >= 11 is 3.36. The van der Waals surface area contributed by atoms with Crippen molar-refractivity contribution in [1.29, 1.82) is 0 Å². The van der Waals surface area contributed by atoms with Crippen molar-refractivity contribution in [1.82, 2.24) is 5.32 Å². The van der Waals surface area contributed by atoms with Gasteiger partial charge in [-0.05, 0) is 43.4 Å². The van der Waals surface area contributed by atoms with Crippen molar-refractivity contribution in [2.75, 3.05) is 19.8 Å². The van der Waals surface area contributed by atoms with Gasteiger partial charge < -0.3 is 15.2 Å². The van der Waals surface area contributed by atoms with Crippen molar-refractivity contribution in [3.8, 4) is 0 Å². The zero-order valence-electron chi connectivity index (χ0n) is 11.6. The first kappa shape index (κ1) is 15.5. The molecular formula is C15H20BrNO3. The average molecular weight is 342 g/mol. The second kappa shape index (κ2) is 7.20. The summed E-state index contributed by atoms with van der Waals surface area (Å²) in [6.45, 7) is 3.58. The molecule has 0 radical (unpaired) electrons. The molecule has 1 aliphatic rings. The number of hydrogen-bond donors (Lipinski definition) is 2. The Balaban J connectivity index is 1.89. The Morgan fingerprint density at radius 3 is 2.90 bits per heavy atom. The van der Waals surface area contributed by atoms with Gasteiger partial charge in [-0.1, -0.05) is 22.0 Å². The second-order valence-corrected chi connectivity index (χ2v) is 6.10. The van der Waals surface area contributed by atoms with E-state index in [1.54, 1.807) is 6.07 Å². The predicted octanol–water partition coefficient (Wildman–Crippen LogP) is 2.27. The van der Waals surface area contributed by atoms with Crippen molar-refractivity contribution in [2.45, 2.75) is 25.9 Å². The number of carbonyl (C=O) groups excluding carboxylic acids is 1. The van der Waals surface area contributed by atoms with Crippen LogP contribution in [0.25, 0.3) is 0 Å². The first-order valence-corrected chi connectivity index (χ1v) is 7.67. The van der Waals surface area contributed by atoms with Gasteiger partial charge in [0.15, 0.2) is 0 Å². The fourth-order valence-electron chi connectivity index (χ4n) is 2.40. The van der Waals surface area contributed by atoms with Gasteiger partial charge in [0.2, 0.25) is 0 Å². The van der Waals surface area contributed by atoms with E-state index < -0.39 is 6.10 Å². The highest BCUT2D eigenvalue weighted by molar-refractivity contribution is 9.10. The Labute approximate surface area is 127 Å². The highest BCUT2D eigenvalue weighted by atomic mass is 79.9. The first-order chi connectivity index (χ1) is 9.58. The molecule has 1 amide bonds. The van der Waals surface area contributed by atoms with Crippen molar-refractivity contribution >= 4 is 21.8 Å². The summed E-state index contributed by atoms with van der Waals surface area (Å²) < 4.78 is 6.14. The van der Waals surface area contributed by atoms with Gasteiger partial charge in [0.25, 0.3) is 5.91 Å². The number of benzene rings is 1. The van der Waals surface area contributed by atoms with E-state index in [4.69, 9.17) is 4.74 Å². The number of aliphatic hydroxyl groups is 1. The fraction of sp³-hybridized carbons (Fsp3) is 0.533. The molecule has 2 N–H and O–H groups in total. The second-order valence-electron chi connectivity index (χ2n) is 5.19. The van der Waals surface area contributed by atoms with E-state index in [1.807, 2.05) is 19.1 Å². The minimum absolute atomic E-state index is 0.144. The van der Waals surface area contributed by atoms with E-state index in [1.165, 1.54) is 0 Å². The molecule has 0 aliphatic carbocycles. The Hall–Kier alpha value is -0.910. The maximum atomic E-state index is 12.1. The normalized spacial score (nSPS) is 17.8. The molecule has 1 saturated heterocycles. The summed E-state index contributed by atoms with van der Waals surface area (Å²) in [4.78, 5) is 12.1. The van der Waals surface area contributed by atoms with Crippen molar-refractivity contribution < 1.29 is 14.6 Å². The van der Waals surface area contributed by atoms with Crippen LogP contribution in [0.5, 0.6) is 0 Å². The number of hydrogen-bond acceptors (Lipinski definition) is 3. The molecule has 5 heteroatoms. The fourth-order valence-corrected chi connectivity index (χ4v) is 2.76. The molecule has 1 heterocycles. The van der Waals surface area contributed by atoms with Crippen LogP contribution in [-0.2, 0) is 4.74 Å². The van der Waals surface area contributed by atoms with Gasteiger partial charge in [-0.15, -0.1) is 0 Å². The summed E-state index contributed by atoms with van der Waals surface area (Å²) in [6.07, 6.45) is 1.20. The molecule has 0 saturated carbocycles. The molecule has 1 aliphatic heterocycles. The lowest BCUT2D eigenvalue weighted by Crippen LogP contribution is -2.38. The maximum absolute atomic E-state index is 12.1. The SMILES string of the molecule is Cc1ccc(Br)cc1C(=O)NC[C@@H](O)C1CCOCC1. The Kier molecular flexibility index (Phi) is 5.57. The van der Waals surface area contributed by atoms with Crippen LogP contribution in [0, 0.1) is 12.8 Å². The molecule has 0 bridgehead atoms. The number of aryl methyl sites for hydroxylation is 1. The van der Waals surface area contributed by atoms with Gasteiger partial charge in [0, 0.05) is 29.8 Å². The lowest BCUT2D eigenvalue weighted by atomic mass is 9.94. The third-order valence-corrected chi connectivity index (χ3v) is 4.22. The minimum atomic E-state index is -0.504. The zero-order chi connectivity index (χ0) is 14.5. The molecule has 2 rings (SSSR count). The zero-order valence-corrected chi connectivity index (χ0v) is 13.1. The van der Waals surface area contributed by atoms with Crippen molar-refractivity contribution in [3.63, 3.8) is 0 Å². The number of amides is 1. The Bertz CT molecular complexity index is 472. The Morgan fingerprint density at radius 1 is 1.50 bits per heavy atom. The van der Waals surface area contributed by atoms with Crippen LogP contribution >= 0.6 is 15.9 Å². The topological polar surface area (TPSA) is 58.6 Å². The molecule has 0 unspecified atom stereocenters. The van der Waals surface area contributed by atoms with Crippen molar-refractivity contribution in [3.05, 3.63) is 33.8 Å². The molecule has 110 valence electrons. The number of aliphatic hydroxyl groups excluding tert-OH is 1. The summed E-state index contributed by atoms with van der Waals surface area (Å²) in [5, 5.41) is 12.9. The van der Waals surface area contributed by atoms with E-state index >= 15 is 0 Å². The van der Waals surface area contributed by atoms with Crippen LogP contribution in [-0.4, -0.2) is 36.9 Å². The van der Waals surface area contributed by atoms with Crippen LogP contribution in [0.3, 0.4) is 0 Å². The van der Waals surface area contributed by atoms with Crippen LogP contribution in [0.4, 0.5) is 0 Å². The third kappa shape index (κ3) is 4.04. The molecular weight excluding hydrogens is 322 g/mol. The number of carbonyl (C=O) groups is 1. The molecule has 0 aromatic heterocycles. The van der Waals surface area contributed by atoms with E-state index in [0.29, 0.717) is 18.8 Å². The monoisotopic (exact) mass is 341 g/mol. The average Bonchev–Trinajstić information content (AvgIpc) is 2.47. The number of nitrogens with one attached hydrogen (secondary N) is 1. The third-order valence-electron chi connectivity index (χ3n) is 3.73.